The Morgan fingerprint density at radius 2 is 1.33 bits per heavy atom. The van der Waals surface area contributed by atoms with Crippen molar-refractivity contribution in [2.24, 2.45) is 0 Å². The number of hydrogen-bond acceptors (Lipinski definition) is 0. The van der Waals surface area contributed by atoms with Crippen LogP contribution < -0.4 is 0 Å². The van der Waals surface area contributed by atoms with Crippen LogP contribution in [-0.2, 0) is 11.8 Å². The van der Waals surface area contributed by atoms with Gasteiger partial charge in [-0.3, -0.25) is 0 Å². The minimum Gasteiger partial charge on any atom is -0.0776 e. The Hall–Kier alpha value is -0.780. The van der Waals surface area contributed by atoms with Crippen LogP contribution in [0.15, 0.2) is 24.3 Å². The van der Waals surface area contributed by atoms with Gasteiger partial charge in [-0.25, -0.2) is 0 Å². The number of rotatable bonds is 5. The fraction of sp³-hybridized carbons (Fsp3) is 0.667. The highest BCUT2D eigenvalue weighted by Crippen LogP contribution is 2.30. The highest BCUT2D eigenvalue weighted by atomic mass is 14.3. The molecule has 0 heteroatoms. The Labute approximate surface area is 116 Å². The first kappa shape index (κ1) is 19.6. The summed E-state index contributed by atoms with van der Waals surface area (Å²) >= 11 is 0. The molecule has 0 bridgehead atoms. The molecule has 0 radical (unpaired) electrons. The first-order valence-electron chi connectivity index (χ1n) is 7.25. The van der Waals surface area contributed by atoms with Gasteiger partial charge in [-0.1, -0.05) is 79.7 Å². The molecule has 0 fully saturated rings. The molecule has 0 aliphatic carbocycles. The van der Waals surface area contributed by atoms with Crippen molar-refractivity contribution in [2.45, 2.75) is 80.1 Å². The zero-order valence-electron chi connectivity index (χ0n) is 12.6. The van der Waals surface area contributed by atoms with Gasteiger partial charge in [0.1, 0.15) is 0 Å². The van der Waals surface area contributed by atoms with Gasteiger partial charge in [0.15, 0.2) is 0 Å². The van der Waals surface area contributed by atoms with E-state index in [0.29, 0.717) is 5.41 Å². The van der Waals surface area contributed by atoms with E-state index in [9.17, 15) is 0 Å². The largest absolute Gasteiger partial charge is 0.0776 e. The van der Waals surface area contributed by atoms with E-state index >= 15 is 0 Å². The van der Waals surface area contributed by atoms with Crippen LogP contribution in [0, 0.1) is 0 Å². The van der Waals surface area contributed by atoms with Crippen molar-refractivity contribution < 1.29 is 0 Å². The molecule has 0 saturated heterocycles. The quantitative estimate of drug-likeness (QED) is 0.569. The van der Waals surface area contributed by atoms with Crippen LogP contribution in [0.3, 0.4) is 0 Å². The van der Waals surface area contributed by atoms with E-state index in [1.54, 1.807) is 0 Å². The van der Waals surface area contributed by atoms with E-state index < -0.39 is 0 Å². The van der Waals surface area contributed by atoms with Crippen molar-refractivity contribution >= 4 is 0 Å². The normalized spacial score (nSPS) is 10.1. The van der Waals surface area contributed by atoms with Crippen molar-refractivity contribution in [1.29, 1.82) is 0 Å². The Kier molecular flexibility index (Phi) is 11.1. The molecule has 0 aromatic heterocycles. The maximum atomic E-state index is 2.36. The van der Waals surface area contributed by atoms with Gasteiger partial charge in [0.2, 0.25) is 0 Å². The van der Waals surface area contributed by atoms with Gasteiger partial charge in [-0.2, -0.15) is 0 Å². The molecule has 18 heavy (non-hydrogen) atoms. The van der Waals surface area contributed by atoms with E-state index in [0.717, 1.165) is 0 Å². The zero-order chi connectivity index (χ0) is 13.3. The lowest BCUT2D eigenvalue weighted by Crippen LogP contribution is -2.19. The third kappa shape index (κ3) is 5.25. The van der Waals surface area contributed by atoms with E-state index in [2.05, 4.69) is 52.0 Å². The van der Waals surface area contributed by atoms with E-state index in [-0.39, 0.29) is 7.43 Å². The number of aryl methyl sites for hydroxylation is 1. The van der Waals surface area contributed by atoms with Gasteiger partial charge in [-0.15, -0.1) is 0 Å². The maximum absolute atomic E-state index is 2.36. The van der Waals surface area contributed by atoms with Crippen LogP contribution >= 0.6 is 0 Å². The third-order valence-electron chi connectivity index (χ3n) is 3.75. The van der Waals surface area contributed by atoms with Crippen molar-refractivity contribution in [1.82, 2.24) is 0 Å². The molecule has 1 aromatic carbocycles. The van der Waals surface area contributed by atoms with Crippen LogP contribution in [0.5, 0.6) is 0 Å². The molecule has 0 heterocycles. The lowest BCUT2D eigenvalue weighted by Gasteiger charge is -2.27. The highest BCUT2D eigenvalue weighted by molar-refractivity contribution is 5.28. The molecule has 0 saturated carbocycles. The smallest absolute Gasteiger partial charge is 0.00805 e. The third-order valence-corrected chi connectivity index (χ3v) is 3.75. The molecule has 1 rings (SSSR count). The summed E-state index contributed by atoms with van der Waals surface area (Å²) < 4.78 is 0. The van der Waals surface area contributed by atoms with E-state index in [1.807, 2.05) is 13.8 Å². The lowest BCUT2D eigenvalue weighted by molar-refractivity contribution is 0.439. The molecular weight excluding hydrogens is 216 g/mol. The summed E-state index contributed by atoms with van der Waals surface area (Å²) in [6.45, 7) is 13.2. The minimum atomic E-state index is 0. The Balaban J connectivity index is 0. The zero-order valence-corrected chi connectivity index (χ0v) is 12.6. The van der Waals surface area contributed by atoms with Crippen molar-refractivity contribution in [3.05, 3.63) is 35.4 Å². The SMILES string of the molecule is C.CC.CCCc1ccc(C(C)(CC)CC)cc1. The summed E-state index contributed by atoms with van der Waals surface area (Å²) in [5.41, 5.74) is 3.33. The molecule has 0 N–H and O–H groups in total. The van der Waals surface area contributed by atoms with Crippen molar-refractivity contribution in [3.63, 3.8) is 0 Å². The Morgan fingerprint density at radius 3 is 1.67 bits per heavy atom. The van der Waals surface area contributed by atoms with Gasteiger partial charge < -0.3 is 0 Å². The summed E-state index contributed by atoms with van der Waals surface area (Å²) in [6, 6.07) is 9.22. The van der Waals surface area contributed by atoms with Gasteiger partial charge >= 0.3 is 0 Å². The van der Waals surface area contributed by atoms with E-state index in [4.69, 9.17) is 0 Å². The second-order valence-corrected chi connectivity index (χ2v) is 4.71. The minimum absolute atomic E-state index is 0. The average Bonchev–Trinajstić information content (AvgIpc) is 2.41. The van der Waals surface area contributed by atoms with Crippen molar-refractivity contribution in [2.75, 3.05) is 0 Å². The van der Waals surface area contributed by atoms with Crippen LogP contribution in [0.25, 0.3) is 0 Å². The summed E-state index contributed by atoms with van der Waals surface area (Å²) in [6.07, 6.45) is 4.88. The average molecular weight is 250 g/mol. The predicted octanol–water partition coefficient (Wildman–Crippen LogP) is 6.38. The van der Waals surface area contributed by atoms with Gasteiger partial charge in [0.25, 0.3) is 0 Å². The summed E-state index contributed by atoms with van der Waals surface area (Å²) in [4.78, 5) is 0. The predicted molar refractivity (Wildman–Crippen MR) is 86.5 cm³/mol. The van der Waals surface area contributed by atoms with Gasteiger partial charge in [0.05, 0.1) is 0 Å². The Bertz CT molecular complexity index is 277. The van der Waals surface area contributed by atoms with Gasteiger partial charge in [-0.05, 0) is 35.8 Å². The molecule has 0 atom stereocenters. The first-order chi connectivity index (χ1) is 8.16. The molecule has 0 spiro atoms. The van der Waals surface area contributed by atoms with Crippen LogP contribution in [-0.4, -0.2) is 0 Å². The molecule has 1 aromatic rings. The number of hydrogen-bond donors (Lipinski definition) is 0. The fourth-order valence-corrected chi connectivity index (χ4v) is 2.02. The second-order valence-electron chi connectivity index (χ2n) is 4.71. The molecular formula is C18H34. The summed E-state index contributed by atoms with van der Waals surface area (Å²) in [7, 11) is 0. The van der Waals surface area contributed by atoms with Gasteiger partial charge in [0, 0.05) is 0 Å². The molecule has 0 aliphatic rings. The van der Waals surface area contributed by atoms with Crippen molar-refractivity contribution in [3.8, 4) is 0 Å². The summed E-state index contributed by atoms with van der Waals surface area (Å²) in [5, 5.41) is 0. The second kappa shape index (κ2) is 10.2. The molecule has 0 aliphatic heterocycles. The molecule has 0 nitrogen and oxygen atoms in total. The Morgan fingerprint density at radius 1 is 0.889 bits per heavy atom. The first-order valence-corrected chi connectivity index (χ1v) is 7.25. The monoisotopic (exact) mass is 250 g/mol. The summed E-state index contributed by atoms with van der Waals surface area (Å²) in [5.74, 6) is 0. The van der Waals surface area contributed by atoms with Crippen LogP contribution in [0.4, 0.5) is 0 Å². The standard InChI is InChI=1S/C15H24.C2H6.CH4/c1-5-8-13-9-11-14(12-10-13)15(4,6-2)7-3;1-2;/h9-12H,5-8H2,1-4H3;1-2H3;1H4. The fourth-order valence-electron chi connectivity index (χ4n) is 2.02. The molecule has 0 amide bonds. The topological polar surface area (TPSA) is 0 Å². The lowest BCUT2D eigenvalue weighted by atomic mass is 9.77. The maximum Gasteiger partial charge on any atom is -0.00805 e. The number of benzene rings is 1. The van der Waals surface area contributed by atoms with Crippen LogP contribution in [0.1, 0.15) is 79.4 Å². The highest BCUT2D eigenvalue weighted by Gasteiger charge is 2.21. The van der Waals surface area contributed by atoms with Crippen LogP contribution in [0.2, 0.25) is 0 Å². The molecule has 106 valence electrons. The molecule has 0 unspecified atom stereocenters. The van der Waals surface area contributed by atoms with E-state index in [1.165, 1.54) is 36.8 Å².